The molecule has 6 nitrogen and oxygen atoms in total. The summed E-state index contributed by atoms with van der Waals surface area (Å²) in [7, 11) is 1.99. The highest BCUT2D eigenvalue weighted by atomic mass is 32.1. The van der Waals surface area contributed by atoms with Gasteiger partial charge >= 0.3 is 0 Å². The Morgan fingerprint density at radius 2 is 1.93 bits per heavy atom. The first-order valence-corrected chi connectivity index (χ1v) is 10.0. The molecular formula is C22H16N6S. The van der Waals surface area contributed by atoms with Gasteiger partial charge in [0, 0.05) is 39.3 Å². The van der Waals surface area contributed by atoms with Crippen LogP contribution in [0.4, 0.5) is 5.95 Å². The number of benzene rings is 2. The number of H-pyrrole nitrogens is 1. The van der Waals surface area contributed by atoms with Gasteiger partial charge < -0.3 is 10.3 Å². The molecule has 3 N–H and O–H groups in total. The molecule has 29 heavy (non-hydrogen) atoms. The smallest absolute Gasteiger partial charge is 0.220 e. The van der Waals surface area contributed by atoms with Gasteiger partial charge in [0.15, 0.2) is 0 Å². The number of nitrogens with one attached hydrogen (secondary N) is 1. The second kappa shape index (κ2) is 5.89. The van der Waals surface area contributed by atoms with E-state index in [0.717, 1.165) is 38.6 Å². The van der Waals surface area contributed by atoms with E-state index in [-0.39, 0.29) is 5.95 Å². The Balaban J connectivity index is 1.65. The van der Waals surface area contributed by atoms with Crippen LogP contribution in [0, 0.1) is 0 Å². The molecule has 140 valence electrons. The van der Waals surface area contributed by atoms with E-state index < -0.39 is 0 Å². The third-order valence-electron chi connectivity index (χ3n) is 5.30. The highest BCUT2D eigenvalue weighted by Gasteiger charge is 2.16. The first-order chi connectivity index (χ1) is 14.2. The zero-order valence-corrected chi connectivity index (χ0v) is 16.4. The van der Waals surface area contributed by atoms with Crippen molar-refractivity contribution in [2.24, 2.45) is 7.05 Å². The van der Waals surface area contributed by atoms with Gasteiger partial charge in [-0.25, -0.2) is 9.97 Å². The Morgan fingerprint density at radius 1 is 1.03 bits per heavy atom. The van der Waals surface area contributed by atoms with Crippen molar-refractivity contribution in [3.8, 4) is 21.6 Å². The van der Waals surface area contributed by atoms with E-state index in [1.807, 2.05) is 17.8 Å². The maximum absolute atomic E-state index is 5.87. The van der Waals surface area contributed by atoms with Crippen molar-refractivity contribution in [3.63, 3.8) is 0 Å². The van der Waals surface area contributed by atoms with Gasteiger partial charge in [0.05, 0.1) is 23.4 Å². The number of fused-ring (bicyclic) bond motifs is 3. The van der Waals surface area contributed by atoms with E-state index in [0.29, 0.717) is 0 Å². The van der Waals surface area contributed by atoms with Crippen LogP contribution in [-0.4, -0.2) is 24.7 Å². The van der Waals surface area contributed by atoms with E-state index in [4.69, 9.17) is 5.73 Å². The van der Waals surface area contributed by atoms with Gasteiger partial charge in [-0.05, 0) is 35.2 Å². The Morgan fingerprint density at radius 3 is 2.83 bits per heavy atom. The van der Waals surface area contributed by atoms with Crippen molar-refractivity contribution in [2.75, 3.05) is 5.73 Å². The molecule has 0 bridgehead atoms. The molecule has 0 aliphatic rings. The van der Waals surface area contributed by atoms with Crippen molar-refractivity contribution < 1.29 is 0 Å². The number of aromatic nitrogens is 5. The number of hydrogen-bond acceptors (Lipinski definition) is 5. The molecule has 0 aliphatic carbocycles. The molecule has 0 amide bonds. The largest absolute Gasteiger partial charge is 0.368 e. The molecule has 2 aromatic carbocycles. The molecule has 0 saturated heterocycles. The third-order valence-corrected chi connectivity index (χ3v) is 6.45. The summed E-state index contributed by atoms with van der Waals surface area (Å²) >= 11 is 1.79. The van der Waals surface area contributed by atoms with Crippen LogP contribution in [-0.2, 0) is 7.05 Å². The number of aryl methyl sites for hydroxylation is 1. The van der Waals surface area contributed by atoms with Crippen LogP contribution < -0.4 is 5.73 Å². The van der Waals surface area contributed by atoms with Crippen LogP contribution in [0.3, 0.4) is 0 Å². The molecule has 0 spiro atoms. The lowest BCUT2D eigenvalue weighted by atomic mass is 10.0. The molecule has 6 aromatic rings. The summed E-state index contributed by atoms with van der Waals surface area (Å²) in [5.74, 6) is 0.277. The van der Waals surface area contributed by atoms with Gasteiger partial charge in [-0.15, -0.1) is 11.3 Å². The second-order valence-corrected chi connectivity index (χ2v) is 8.21. The minimum Gasteiger partial charge on any atom is -0.368 e. The summed E-state index contributed by atoms with van der Waals surface area (Å²) in [5, 5.41) is 9.76. The highest BCUT2D eigenvalue weighted by molar-refractivity contribution is 7.22. The molecular weight excluding hydrogens is 380 g/mol. The normalized spacial score (nSPS) is 11.8. The van der Waals surface area contributed by atoms with Crippen LogP contribution in [0.15, 0.2) is 61.1 Å². The topological polar surface area (TPSA) is 85.4 Å². The lowest BCUT2D eigenvalue weighted by Gasteiger charge is -2.06. The predicted molar refractivity (Wildman–Crippen MR) is 119 cm³/mol. The standard InChI is InChI=1S/C22H16N6S/c1-28-11-16(21-17(28)10-24-22(23)26-21)13-6-14-9-25-27-20(14)15(7-13)19-8-12-4-2-3-5-18(12)29-19/h2-11H,1H3,(H,25,27)(H2,23,24,26). The Labute approximate surface area is 169 Å². The molecule has 0 saturated carbocycles. The van der Waals surface area contributed by atoms with E-state index in [1.54, 1.807) is 17.5 Å². The number of nitrogens with two attached hydrogens (primary N) is 1. The zero-order chi connectivity index (χ0) is 19.5. The fraction of sp³-hybridized carbons (Fsp3) is 0.0455. The van der Waals surface area contributed by atoms with Crippen LogP contribution >= 0.6 is 11.3 Å². The van der Waals surface area contributed by atoms with Gasteiger partial charge in [-0.2, -0.15) is 5.10 Å². The van der Waals surface area contributed by atoms with Crippen LogP contribution in [0.25, 0.3) is 53.6 Å². The first kappa shape index (κ1) is 16.3. The quantitative estimate of drug-likeness (QED) is 0.432. The van der Waals surface area contributed by atoms with Crippen molar-refractivity contribution in [3.05, 3.63) is 61.1 Å². The lowest BCUT2D eigenvalue weighted by Crippen LogP contribution is -1.94. The maximum atomic E-state index is 5.87. The summed E-state index contributed by atoms with van der Waals surface area (Å²) in [5.41, 5.74) is 12.0. The summed E-state index contributed by atoms with van der Waals surface area (Å²) in [6.45, 7) is 0. The number of rotatable bonds is 2. The summed E-state index contributed by atoms with van der Waals surface area (Å²) in [6.07, 6.45) is 5.71. The third kappa shape index (κ3) is 2.44. The number of hydrogen-bond donors (Lipinski definition) is 2. The molecule has 7 heteroatoms. The van der Waals surface area contributed by atoms with Crippen molar-refractivity contribution in [1.82, 2.24) is 24.7 Å². The number of thiophene rings is 1. The Hall–Kier alpha value is -3.71. The molecule has 0 atom stereocenters. The molecule has 4 heterocycles. The summed E-state index contributed by atoms with van der Waals surface area (Å²) in [4.78, 5) is 9.85. The monoisotopic (exact) mass is 396 g/mol. The molecule has 4 aromatic heterocycles. The average molecular weight is 396 g/mol. The molecule has 0 fully saturated rings. The number of nitrogen functional groups attached to an aromatic ring is 1. The average Bonchev–Trinajstić information content (AvgIpc) is 3.43. The zero-order valence-electron chi connectivity index (χ0n) is 15.5. The Bertz CT molecular complexity index is 1500. The summed E-state index contributed by atoms with van der Waals surface area (Å²) in [6, 6.07) is 15.0. The van der Waals surface area contributed by atoms with E-state index >= 15 is 0 Å². The van der Waals surface area contributed by atoms with E-state index in [1.165, 1.54) is 15.0 Å². The Kier molecular flexibility index (Phi) is 3.30. The van der Waals surface area contributed by atoms with Gasteiger partial charge in [-0.3, -0.25) is 5.10 Å². The number of nitrogens with zero attached hydrogens (tertiary/aromatic N) is 4. The molecule has 0 radical (unpaired) electrons. The highest BCUT2D eigenvalue weighted by Crippen LogP contribution is 2.40. The van der Waals surface area contributed by atoms with Gasteiger partial charge in [0.2, 0.25) is 5.95 Å². The first-order valence-electron chi connectivity index (χ1n) is 9.21. The summed E-state index contributed by atoms with van der Waals surface area (Å²) < 4.78 is 3.30. The molecule has 0 unspecified atom stereocenters. The predicted octanol–water partition coefficient (Wildman–Crippen LogP) is 4.98. The van der Waals surface area contributed by atoms with Crippen LogP contribution in [0.5, 0.6) is 0 Å². The van der Waals surface area contributed by atoms with Gasteiger partial charge in [0.1, 0.15) is 5.52 Å². The van der Waals surface area contributed by atoms with Gasteiger partial charge in [-0.1, -0.05) is 18.2 Å². The van der Waals surface area contributed by atoms with E-state index in [2.05, 4.69) is 68.8 Å². The molecule has 0 aliphatic heterocycles. The van der Waals surface area contributed by atoms with Gasteiger partial charge in [0.25, 0.3) is 0 Å². The second-order valence-electron chi connectivity index (χ2n) is 7.12. The SMILES string of the molecule is Cn1cc(-c2cc(-c3cc4ccccc4s3)c3[nH]ncc3c2)c2nc(N)ncc21. The lowest BCUT2D eigenvalue weighted by molar-refractivity contribution is 0.964. The minimum atomic E-state index is 0.277. The fourth-order valence-electron chi connectivity index (χ4n) is 3.90. The van der Waals surface area contributed by atoms with Crippen molar-refractivity contribution in [2.45, 2.75) is 0 Å². The van der Waals surface area contributed by atoms with Crippen LogP contribution in [0.2, 0.25) is 0 Å². The van der Waals surface area contributed by atoms with E-state index in [9.17, 15) is 0 Å². The van der Waals surface area contributed by atoms with Crippen LogP contribution in [0.1, 0.15) is 0 Å². The van der Waals surface area contributed by atoms with Crippen molar-refractivity contribution >= 4 is 49.3 Å². The fourth-order valence-corrected chi connectivity index (χ4v) is 4.99. The number of aromatic amines is 1. The number of anilines is 1. The molecule has 6 rings (SSSR count). The maximum Gasteiger partial charge on any atom is 0.220 e. The minimum absolute atomic E-state index is 0.277. The van der Waals surface area contributed by atoms with Crippen molar-refractivity contribution in [1.29, 1.82) is 0 Å².